The standard InChI is InChI=1S/C37H46ClN7O4/c1-3-25-18-24(19-31(38)34(25)39)20-33(35(46)42-13-9-28(10-14-42)45-23-29-21-30(45)22-41(29)2)49-37(48)43-15-11-27(12-16-43)44-17-8-26-6-4-5-7-32(26)40-36(44)47/h1,4-7,18-19,27-30,33H,8-17,20-23,39H2,2H3,(H,40,47)/t29?,30?,33-/m1/s1. The summed E-state index contributed by atoms with van der Waals surface area (Å²) in [6, 6.07) is 12.9. The second-order valence-electron chi connectivity index (χ2n) is 14.2. The molecular weight excluding hydrogens is 642 g/mol. The first-order valence-electron chi connectivity index (χ1n) is 17.6. The fourth-order valence-electron chi connectivity index (χ4n) is 8.56. The summed E-state index contributed by atoms with van der Waals surface area (Å²) in [5.41, 5.74) is 9.46. The van der Waals surface area contributed by atoms with Crippen molar-refractivity contribution in [3.05, 3.63) is 58.1 Å². The van der Waals surface area contributed by atoms with E-state index in [2.05, 4.69) is 28.1 Å². The van der Waals surface area contributed by atoms with Crippen LogP contribution in [-0.4, -0.2) is 126 Å². The molecule has 3 N–H and O–H groups in total. The minimum absolute atomic E-state index is 0.00223. The van der Waals surface area contributed by atoms with E-state index in [0.29, 0.717) is 85.5 Å². The molecule has 7 rings (SSSR count). The van der Waals surface area contributed by atoms with Crippen molar-refractivity contribution in [1.82, 2.24) is 24.5 Å². The maximum absolute atomic E-state index is 14.1. The monoisotopic (exact) mass is 687 g/mol. The highest BCUT2D eigenvalue weighted by Gasteiger charge is 2.45. The van der Waals surface area contributed by atoms with Crippen molar-refractivity contribution < 1.29 is 19.1 Å². The maximum atomic E-state index is 14.1. The van der Waals surface area contributed by atoms with Gasteiger partial charge in [-0.05, 0) is 74.9 Å². The van der Waals surface area contributed by atoms with Crippen molar-refractivity contribution in [3.63, 3.8) is 0 Å². The molecule has 49 heavy (non-hydrogen) atoms. The number of piperidine rings is 2. The van der Waals surface area contributed by atoms with E-state index in [-0.39, 0.29) is 24.4 Å². The summed E-state index contributed by atoms with van der Waals surface area (Å²) >= 11 is 6.40. The van der Waals surface area contributed by atoms with Crippen molar-refractivity contribution in [1.29, 1.82) is 0 Å². The Morgan fingerprint density at radius 3 is 2.41 bits per heavy atom. The number of likely N-dealkylation sites (tertiary alicyclic amines) is 4. The first-order chi connectivity index (χ1) is 23.7. The van der Waals surface area contributed by atoms with Gasteiger partial charge in [-0.3, -0.25) is 9.69 Å². The van der Waals surface area contributed by atoms with Crippen LogP contribution in [0.3, 0.4) is 0 Å². The SMILES string of the molecule is C#Cc1cc(C[C@@H](OC(=O)N2CCC(N3CCc4ccccc4NC3=O)CC2)C(=O)N2CCC(N3CC4CC3CN4C)CC2)cc(Cl)c1N. The molecule has 4 amide bonds. The van der Waals surface area contributed by atoms with E-state index in [4.69, 9.17) is 28.5 Å². The zero-order valence-electron chi connectivity index (χ0n) is 28.2. The molecule has 3 atom stereocenters. The Labute approximate surface area is 293 Å². The number of nitrogens with zero attached hydrogens (tertiary/aromatic N) is 5. The van der Waals surface area contributed by atoms with Gasteiger partial charge in [0.25, 0.3) is 5.91 Å². The van der Waals surface area contributed by atoms with Gasteiger partial charge in [0, 0.05) is 87.7 Å². The summed E-state index contributed by atoms with van der Waals surface area (Å²) in [5.74, 6) is 2.36. The molecule has 0 aromatic heterocycles. The molecule has 5 aliphatic rings. The van der Waals surface area contributed by atoms with Gasteiger partial charge in [0.05, 0.1) is 10.7 Å². The number of terminal acetylenes is 1. The van der Waals surface area contributed by atoms with Gasteiger partial charge in [-0.15, -0.1) is 6.42 Å². The average molecular weight is 688 g/mol. The molecule has 2 aromatic rings. The Balaban J connectivity index is 0.995. The van der Waals surface area contributed by atoms with E-state index in [1.807, 2.05) is 34.1 Å². The number of amides is 4. The smallest absolute Gasteiger partial charge is 0.410 e. The lowest BCUT2D eigenvalue weighted by Gasteiger charge is -2.42. The van der Waals surface area contributed by atoms with Crippen LogP contribution in [0.2, 0.25) is 5.02 Å². The van der Waals surface area contributed by atoms with Crippen LogP contribution in [-0.2, 0) is 22.4 Å². The van der Waals surface area contributed by atoms with Crippen LogP contribution >= 0.6 is 11.6 Å². The number of anilines is 2. The largest absolute Gasteiger partial charge is 0.436 e. The predicted octanol–water partition coefficient (Wildman–Crippen LogP) is 3.89. The molecule has 5 aliphatic heterocycles. The summed E-state index contributed by atoms with van der Waals surface area (Å²) in [4.78, 5) is 51.4. The lowest BCUT2D eigenvalue weighted by atomic mass is 9.99. The zero-order chi connectivity index (χ0) is 34.2. The summed E-state index contributed by atoms with van der Waals surface area (Å²) in [5, 5.41) is 3.35. The van der Waals surface area contributed by atoms with Gasteiger partial charge < -0.3 is 35.4 Å². The number of halogens is 1. The lowest BCUT2D eigenvalue weighted by Crippen LogP contribution is -2.55. The number of para-hydroxylation sites is 1. The number of likely N-dealkylation sites (N-methyl/N-ethyl adjacent to an activating group) is 1. The zero-order valence-corrected chi connectivity index (χ0v) is 28.9. The van der Waals surface area contributed by atoms with Crippen LogP contribution in [0.4, 0.5) is 21.0 Å². The first-order valence-corrected chi connectivity index (χ1v) is 18.0. The highest BCUT2D eigenvalue weighted by atomic mass is 35.5. The van der Waals surface area contributed by atoms with Crippen molar-refractivity contribution in [2.75, 3.05) is 63.9 Å². The minimum Gasteiger partial charge on any atom is -0.436 e. The third kappa shape index (κ3) is 6.91. The minimum atomic E-state index is -1.04. The third-order valence-corrected chi connectivity index (χ3v) is 11.7. The highest BCUT2D eigenvalue weighted by molar-refractivity contribution is 6.33. The van der Waals surface area contributed by atoms with Crippen molar-refractivity contribution in [2.24, 2.45) is 0 Å². The second-order valence-corrected chi connectivity index (χ2v) is 14.7. The molecule has 2 bridgehead atoms. The van der Waals surface area contributed by atoms with Crippen LogP contribution in [0.25, 0.3) is 0 Å². The quantitative estimate of drug-likeness (QED) is 0.350. The Hall–Kier alpha value is -3.98. The molecule has 0 spiro atoms. The summed E-state index contributed by atoms with van der Waals surface area (Å²) < 4.78 is 6.06. The van der Waals surface area contributed by atoms with Gasteiger partial charge in [-0.25, -0.2) is 9.59 Å². The predicted molar refractivity (Wildman–Crippen MR) is 189 cm³/mol. The summed E-state index contributed by atoms with van der Waals surface area (Å²) in [6.07, 6.45) is 9.28. The van der Waals surface area contributed by atoms with E-state index < -0.39 is 12.2 Å². The normalized spacial score (nSPS) is 24.3. The van der Waals surface area contributed by atoms with Crippen molar-refractivity contribution >= 4 is 41.0 Å². The molecule has 0 aliphatic carbocycles. The molecule has 0 saturated carbocycles. The number of hydrogen-bond acceptors (Lipinski definition) is 7. The number of carbonyl (C=O) groups excluding carboxylic acids is 3. The van der Waals surface area contributed by atoms with Gasteiger partial charge in [0.15, 0.2) is 6.10 Å². The Bertz CT molecular complexity index is 1630. The van der Waals surface area contributed by atoms with Gasteiger partial charge in [0.2, 0.25) is 0 Å². The van der Waals surface area contributed by atoms with Gasteiger partial charge in [-0.2, -0.15) is 0 Å². The van der Waals surface area contributed by atoms with Gasteiger partial charge >= 0.3 is 12.1 Å². The van der Waals surface area contributed by atoms with E-state index in [1.54, 1.807) is 17.0 Å². The summed E-state index contributed by atoms with van der Waals surface area (Å²) in [7, 11) is 2.21. The number of hydrogen-bond donors (Lipinski definition) is 2. The Morgan fingerprint density at radius 1 is 1.00 bits per heavy atom. The highest BCUT2D eigenvalue weighted by Crippen LogP contribution is 2.34. The molecule has 2 unspecified atom stereocenters. The number of nitrogens with one attached hydrogen (secondary N) is 1. The molecular formula is C37H46ClN7O4. The van der Waals surface area contributed by atoms with Crippen LogP contribution in [0.5, 0.6) is 0 Å². The number of nitrogen functional groups attached to an aromatic ring is 1. The van der Waals surface area contributed by atoms with E-state index >= 15 is 0 Å². The van der Waals surface area contributed by atoms with Crippen molar-refractivity contribution in [3.8, 4) is 12.3 Å². The van der Waals surface area contributed by atoms with Crippen molar-refractivity contribution in [2.45, 2.75) is 75.2 Å². The molecule has 5 heterocycles. The first kappa shape index (κ1) is 33.5. The van der Waals surface area contributed by atoms with Crippen LogP contribution < -0.4 is 11.1 Å². The number of rotatable bonds is 6. The lowest BCUT2D eigenvalue weighted by molar-refractivity contribution is -0.142. The van der Waals surface area contributed by atoms with E-state index in [1.165, 1.54) is 6.42 Å². The number of benzene rings is 2. The fraction of sp³-hybridized carbons (Fsp3) is 0.541. The molecule has 260 valence electrons. The van der Waals surface area contributed by atoms with Crippen LogP contribution in [0, 0.1) is 12.3 Å². The second kappa shape index (κ2) is 14.1. The molecule has 2 aromatic carbocycles. The fourth-order valence-corrected chi connectivity index (χ4v) is 8.81. The number of carbonyl (C=O) groups is 3. The summed E-state index contributed by atoms with van der Waals surface area (Å²) in [6.45, 7) is 4.91. The number of urea groups is 1. The molecule has 0 radical (unpaired) electrons. The van der Waals surface area contributed by atoms with E-state index in [0.717, 1.165) is 43.6 Å². The van der Waals surface area contributed by atoms with Gasteiger partial charge in [0.1, 0.15) is 0 Å². The van der Waals surface area contributed by atoms with Crippen LogP contribution in [0.1, 0.15) is 48.8 Å². The van der Waals surface area contributed by atoms with Gasteiger partial charge in [-0.1, -0.05) is 35.7 Å². The topological polar surface area (TPSA) is 115 Å². The Kier molecular flexibility index (Phi) is 9.64. The Morgan fingerprint density at radius 2 is 1.71 bits per heavy atom. The molecule has 11 nitrogen and oxygen atoms in total. The molecule has 12 heteroatoms. The average Bonchev–Trinajstić information content (AvgIpc) is 3.64. The van der Waals surface area contributed by atoms with Crippen LogP contribution in [0.15, 0.2) is 36.4 Å². The maximum Gasteiger partial charge on any atom is 0.410 e. The number of piperazine rings is 1. The molecule has 4 fully saturated rings. The van der Waals surface area contributed by atoms with E-state index in [9.17, 15) is 14.4 Å². The third-order valence-electron chi connectivity index (χ3n) is 11.4. The number of nitrogens with two attached hydrogens (primary N) is 1. The number of ether oxygens (including phenoxy) is 1. The molecule has 4 saturated heterocycles. The number of fused-ring (bicyclic) bond motifs is 3.